The van der Waals surface area contributed by atoms with Gasteiger partial charge in [-0.3, -0.25) is 4.68 Å². The molecule has 2 aromatic rings. The van der Waals surface area contributed by atoms with Gasteiger partial charge in [-0.25, -0.2) is 0 Å². The van der Waals surface area contributed by atoms with Crippen LogP contribution >= 0.6 is 0 Å². The number of rotatable bonds is 4. The Hall–Kier alpha value is -1.69. The Bertz CT molecular complexity index is 555. The van der Waals surface area contributed by atoms with Gasteiger partial charge in [-0.2, -0.15) is 10.1 Å². The highest BCUT2D eigenvalue weighted by molar-refractivity contribution is 5.47. The SMILES string of the molecule is CCn1nc(C)cc1-c1nc(C(N)C2CC2)no1. The predicted octanol–water partition coefficient (Wildman–Crippen LogP) is 1.67. The number of hydrogen-bond acceptors (Lipinski definition) is 5. The summed E-state index contributed by atoms with van der Waals surface area (Å²) in [5.41, 5.74) is 7.86. The molecule has 6 nitrogen and oxygen atoms in total. The maximum atomic E-state index is 6.06. The molecule has 1 aliphatic rings. The quantitative estimate of drug-likeness (QED) is 0.888. The average Bonchev–Trinajstić information content (AvgIpc) is 2.97. The second-order valence-corrected chi connectivity index (χ2v) is 4.81. The minimum Gasteiger partial charge on any atom is -0.332 e. The molecule has 96 valence electrons. The molecule has 0 amide bonds. The van der Waals surface area contributed by atoms with E-state index in [9.17, 15) is 0 Å². The summed E-state index contributed by atoms with van der Waals surface area (Å²) in [6.45, 7) is 4.75. The van der Waals surface area contributed by atoms with Crippen LogP contribution < -0.4 is 5.73 Å². The third kappa shape index (κ3) is 1.92. The van der Waals surface area contributed by atoms with Crippen LogP contribution in [0.4, 0.5) is 0 Å². The summed E-state index contributed by atoms with van der Waals surface area (Å²) in [4.78, 5) is 4.40. The Balaban J connectivity index is 1.91. The van der Waals surface area contributed by atoms with Gasteiger partial charge in [-0.15, -0.1) is 0 Å². The number of nitrogens with two attached hydrogens (primary N) is 1. The van der Waals surface area contributed by atoms with E-state index >= 15 is 0 Å². The van der Waals surface area contributed by atoms with Crippen LogP contribution in [0.2, 0.25) is 0 Å². The molecule has 2 heterocycles. The van der Waals surface area contributed by atoms with E-state index in [1.807, 2.05) is 24.6 Å². The van der Waals surface area contributed by atoms with Gasteiger partial charge in [0.1, 0.15) is 5.69 Å². The molecule has 2 aromatic heterocycles. The van der Waals surface area contributed by atoms with E-state index in [-0.39, 0.29) is 6.04 Å². The van der Waals surface area contributed by atoms with Crippen LogP contribution in [0.25, 0.3) is 11.6 Å². The van der Waals surface area contributed by atoms with Crippen LogP contribution in [0.5, 0.6) is 0 Å². The van der Waals surface area contributed by atoms with E-state index in [2.05, 4.69) is 15.2 Å². The fourth-order valence-electron chi connectivity index (χ4n) is 2.10. The topological polar surface area (TPSA) is 82.8 Å². The number of hydrogen-bond donors (Lipinski definition) is 1. The van der Waals surface area contributed by atoms with E-state index in [4.69, 9.17) is 10.3 Å². The lowest BCUT2D eigenvalue weighted by molar-refractivity contribution is 0.408. The summed E-state index contributed by atoms with van der Waals surface area (Å²) in [6.07, 6.45) is 2.33. The van der Waals surface area contributed by atoms with Gasteiger partial charge in [0.05, 0.1) is 11.7 Å². The zero-order chi connectivity index (χ0) is 12.7. The van der Waals surface area contributed by atoms with Crippen molar-refractivity contribution < 1.29 is 4.52 Å². The van der Waals surface area contributed by atoms with Crippen molar-refractivity contribution in [1.82, 2.24) is 19.9 Å². The van der Waals surface area contributed by atoms with Gasteiger partial charge in [-0.1, -0.05) is 5.16 Å². The highest BCUT2D eigenvalue weighted by Gasteiger charge is 2.33. The molecule has 1 atom stereocenters. The van der Waals surface area contributed by atoms with E-state index in [0.29, 0.717) is 17.6 Å². The Morgan fingerprint density at radius 3 is 3.00 bits per heavy atom. The van der Waals surface area contributed by atoms with Gasteiger partial charge in [0, 0.05) is 6.54 Å². The molecular formula is C12H17N5O. The fraction of sp³-hybridized carbons (Fsp3) is 0.583. The van der Waals surface area contributed by atoms with Crippen LogP contribution in [0.3, 0.4) is 0 Å². The lowest BCUT2D eigenvalue weighted by Crippen LogP contribution is -2.14. The molecule has 3 rings (SSSR count). The van der Waals surface area contributed by atoms with E-state index < -0.39 is 0 Å². The monoisotopic (exact) mass is 247 g/mol. The molecule has 0 bridgehead atoms. The fourth-order valence-corrected chi connectivity index (χ4v) is 2.10. The molecule has 1 saturated carbocycles. The van der Waals surface area contributed by atoms with Gasteiger partial charge in [-0.05, 0) is 38.7 Å². The summed E-state index contributed by atoms with van der Waals surface area (Å²) in [5, 5.41) is 8.35. The van der Waals surface area contributed by atoms with Crippen molar-refractivity contribution in [1.29, 1.82) is 0 Å². The van der Waals surface area contributed by atoms with Crippen molar-refractivity contribution in [2.24, 2.45) is 11.7 Å². The number of nitrogens with zero attached hydrogens (tertiary/aromatic N) is 4. The van der Waals surface area contributed by atoms with Crippen molar-refractivity contribution >= 4 is 0 Å². The molecule has 0 aliphatic heterocycles. The highest BCUT2D eigenvalue weighted by atomic mass is 16.5. The average molecular weight is 247 g/mol. The largest absolute Gasteiger partial charge is 0.332 e. The minimum absolute atomic E-state index is 0.0957. The van der Waals surface area contributed by atoms with Gasteiger partial charge in [0.2, 0.25) is 0 Å². The smallest absolute Gasteiger partial charge is 0.276 e. The Labute approximate surface area is 105 Å². The molecule has 2 N–H and O–H groups in total. The minimum atomic E-state index is -0.0957. The molecule has 0 saturated heterocycles. The van der Waals surface area contributed by atoms with Gasteiger partial charge < -0.3 is 10.3 Å². The van der Waals surface area contributed by atoms with E-state index in [1.165, 1.54) is 0 Å². The first-order chi connectivity index (χ1) is 8.69. The first-order valence-corrected chi connectivity index (χ1v) is 6.33. The molecule has 1 aliphatic carbocycles. The zero-order valence-corrected chi connectivity index (χ0v) is 10.6. The third-order valence-electron chi connectivity index (χ3n) is 3.29. The zero-order valence-electron chi connectivity index (χ0n) is 10.6. The molecule has 18 heavy (non-hydrogen) atoms. The van der Waals surface area contributed by atoms with E-state index in [1.54, 1.807) is 0 Å². The molecule has 1 unspecified atom stereocenters. The maximum absolute atomic E-state index is 6.06. The third-order valence-corrected chi connectivity index (χ3v) is 3.29. The summed E-state index contributed by atoms with van der Waals surface area (Å²) in [6, 6.07) is 1.85. The molecule has 1 fully saturated rings. The van der Waals surface area contributed by atoms with Gasteiger partial charge >= 0.3 is 0 Å². The van der Waals surface area contributed by atoms with Crippen LogP contribution in [0, 0.1) is 12.8 Å². The van der Waals surface area contributed by atoms with Crippen molar-refractivity contribution in [3.05, 3.63) is 17.6 Å². The van der Waals surface area contributed by atoms with Crippen molar-refractivity contribution in [2.45, 2.75) is 39.3 Å². The molecule has 0 radical (unpaired) electrons. The van der Waals surface area contributed by atoms with Crippen LogP contribution in [0.15, 0.2) is 10.6 Å². The molecule has 0 aromatic carbocycles. The maximum Gasteiger partial charge on any atom is 0.276 e. The summed E-state index contributed by atoms with van der Waals surface area (Å²) in [7, 11) is 0. The van der Waals surface area contributed by atoms with Crippen molar-refractivity contribution in [3.8, 4) is 11.6 Å². The summed E-state index contributed by atoms with van der Waals surface area (Å²) in [5.74, 6) is 1.63. The number of aromatic nitrogens is 4. The molecular weight excluding hydrogens is 230 g/mol. The molecule has 6 heteroatoms. The summed E-state index contributed by atoms with van der Waals surface area (Å²) < 4.78 is 7.16. The van der Waals surface area contributed by atoms with Crippen LogP contribution in [-0.2, 0) is 6.54 Å². The van der Waals surface area contributed by atoms with Crippen molar-refractivity contribution in [2.75, 3.05) is 0 Å². The first-order valence-electron chi connectivity index (χ1n) is 6.33. The molecule has 0 spiro atoms. The number of aryl methyl sites for hydroxylation is 2. The second-order valence-electron chi connectivity index (χ2n) is 4.81. The lowest BCUT2D eigenvalue weighted by atomic mass is 10.2. The van der Waals surface area contributed by atoms with Crippen LogP contribution in [0.1, 0.15) is 37.3 Å². The Kier molecular flexibility index (Phi) is 2.66. The summed E-state index contributed by atoms with van der Waals surface area (Å²) >= 11 is 0. The Morgan fingerprint density at radius 2 is 2.33 bits per heavy atom. The van der Waals surface area contributed by atoms with Crippen molar-refractivity contribution in [3.63, 3.8) is 0 Å². The van der Waals surface area contributed by atoms with Crippen LogP contribution in [-0.4, -0.2) is 19.9 Å². The van der Waals surface area contributed by atoms with E-state index in [0.717, 1.165) is 30.8 Å². The first kappa shape index (κ1) is 11.4. The van der Waals surface area contributed by atoms with Gasteiger partial charge in [0.15, 0.2) is 5.82 Å². The lowest BCUT2D eigenvalue weighted by Gasteiger charge is -2.02. The van der Waals surface area contributed by atoms with Gasteiger partial charge in [0.25, 0.3) is 5.89 Å². The Morgan fingerprint density at radius 1 is 1.56 bits per heavy atom. The standard InChI is InChI=1S/C12H17N5O/c1-3-17-9(6-7(2)15-17)12-14-11(16-18-12)10(13)8-4-5-8/h6,8,10H,3-5,13H2,1-2H3. The normalized spacial score (nSPS) is 17.1. The second kappa shape index (κ2) is 4.20. The predicted molar refractivity (Wildman–Crippen MR) is 65.6 cm³/mol. The highest BCUT2D eigenvalue weighted by Crippen LogP contribution is 2.38.